The van der Waals surface area contributed by atoms with Crippen molar-refractivity contribution in [3.8, 4) is 5.75 Å². The van der Waals surface area contributed by atoms with Crippen molar-refractivity contribution in [3.63, 3.8) is 0 Å². The number of benzene rings is 2. The number of amides is 2. The zero-order chi connectivity index (χ0) is 17.7. The molecule has 2 aromatic rings. The van der Waals surface area contributed by atoms with Crippen molar-refractivity contribution in [1.29, 1.82) is 0 Å². The maximum Gasteiger partial charge on any atom is 0.319 e. The Morgan fingerprint density at radius 2 is 1.75 bits per heavy atom. The van der Waals surface area contributed by atoms with E-state index in [1.807, 2.05) is 51.1 Å². The molecule has 3 N–H and O–H groups in total. The second-order valence-corrected chi connectivity index (χ2v) is 6.16. The minimum absolute atomic E-state index is 0.0894. The zero-order valence-corrected chi connectivity index (χ0v) is 15.0. The van der Waals surface area contributed by atoms with Crippen molar-refractivity contribution in [3.05, 3.63) is 47.0 Å². The predicted molar refractivity (Wildman–Crippen MR) is 99.8 cm³/mol. The molecule has 0 atom stereocenters. The molecule has 0 unspecified atom stereocenters. The lowest BCUT2D eigenvalue weighted by molar-refractivity contribution is 0.250. The Morgan fingerprint density at radius 3 is 2.33 bits per heavy atom. The molecular weight excluding hydrogens is 326 g/mol. The molecule has 0 fully saturated rings. The number of hydrogen-bond donors (Lipinski definition) is 3. The van der Waals surface area contributed by atoms with Gasteiger partial charge in [-0.15, -0.1) is 0 Å². The van der Waals surface area contributed by atoms with E-state index in [1.54, 1.807) is 13.2 Å². The van der Waals surface area contributed by atoms with E-state index < -0.39 is 0 Å². The minimum atomic E-state index is -0.222. The van der Waals surface area contributed by atoms with Gasteiger partial charge in [-0.3, -0.25) is 0 Å². The van der Waals surface area contributed by atoms with Crippen LogP contribution < -0.4 is 20.7 Å². The van der Waals surface area contributed by atoms with Crippen LogP contribution >= 0.6 is 11.6 Å². The van der Waals surface area contributed by atoms with Crippen molar-refractivity contribution in [2.75, 3.05) is 17.7 Å². The second kappa shape index (κ2) is 7.93. The summed E-state index contributed by atoms with van der Waals surface area (Å²) in [6, 6.07) is 11.0. The summed E-state index contributed by atoms with van der Waals surface area (Å²) >= 11 is 6.12. The molecule has 24 heavy (non-hydrogen) atoms. The fourth-order valence-corrected chi connectivity index (χ4v) is 2.31. The molecule has 0 aliphatic heterocycles. The maximum atomic E-state index is 11.7. The topological polar surface area (TPSA) is 62.4 Å². The van der Waals surface area contributed by atoms with Crippen molar-refractivity contribution < 1.29 is 9.53 Å². The molecular formula is C18H22ClN3O2. The largest absolute Gasteiger partial charge is 0.495 e. The number of methoxy groups -OCH3 is 1. The van der Waals surface area contributed by atoms with Gasteiger partial charge < -0.3 is 20.7 Å². The average molecular weight is 348 g/mol. The summed E-state index contributed by atoms with van der Waals surface area (Å²) in [5.74, 6) is 0.670. The monoisotopic (exact) mass is 347 g/mol. The van der Waals surface area contributed by atoms with Crippen molar-refractivity contribution in [2.45, 2.75) is 26.8 Å². The standard InChI is InChI=1S/C18H22ClN3O2/c1-11(2)20-18(23)22-14-7-5-13(6-8-14)21-16-9-12(3)15(19)10-17(16)24-4/h5-11,21H,1-4H3,(H2,20,22,23). The van der Waals surface area contributed by atoms with E-state index >= 15 is 0 Å². The lowest BCUT2D eigenvalue weighted by atomic mass is 10.2. The van der Waals surface area contributed by atoms with Crippen LogP contribution in [0.1, 0.15) is 19.4 Å². The number of anilines is 3. The summed E-state index contributed by atoms with van der Waals surface area (Å²) < 4.78 is 5.35. The van der Waals surface area contributed by atoms with Gasteiger partial charge >= 0.3 is 6.03 Å². The first-order valence-electron chi connectivity index (χ1n) is 7.67. The van der Waals surface area contributed by atoms with Gasteiger partial charge in [-0.2, -0.15) is 0 Å². The van der Waals surface area contributed by atoms with Crippen LogP contribution in [0.2, 0.25) is 5.02 Å². The molecule has 2 rings (SSSR count). The summed E-state index contributed by atoms with van der Waals surface area (Å²) in [7, 11) is 1.60. The first-order chi connectivity index (χ1) is 11.4. The number of hydrogen-bond acceptors (Lipinski definition) is 3. The Labute approximate surface area is 147 Å². The average Bonchev–Trinajstić information content (AvgIpc) is 2.51. The molecule has 0 aliphatic rings. The third-order valence-electron chi connectivity index (χ3n) is 3.32. The smallest absolute Gasteiger partial charge is 0.319 e. The van der Waals surface area contributed by atoms with Crippen LogP contribution in [-0.2, 0) is 0 Å². The van der Waals surface area contributed by atoms with Crippen LogP contribution in [0, 0.1) is 6.92 Å². The first kappa shape index (κ1) is 17.9. The second-order valence-electron chi connectivity index (χ2n) is 5.76. The van der Waals surface area contributed by atoms with Crippen LogP contribution in [0.3, 0.4) is 0 Å². The normalized spacial score (nSPS) is 10.4. The molecule has 6 heteroatoms. The highest BCUT2D eigenvalue weighted by Gasteiger charge is 2.08. The lowest BCUT2D eigenvalue weighted by Crippen LogP contribution is -2.34. The van der Waals surface area contributed by atoms with E-state index in [4.69, 9.17) is 16.3 Å². The van der Waals surface area contributed by atoms with Crippen molar-refractivity contribution in [1.82, 2.24) is 5.32 Å². The highest BCUT2D eigenvalue weighted by molar-refractivity contribution is 6.31. The van der Waals surface area contributed by atoms with E-state index in [9.17, 15) is 4.79 Å². The third kappa shape index (κ3) is 4.80. The van der Waals surface area contributed by atoms with Gasteiger partial charge in [0.15, 0.2) is 0 Å². The van der Waals surface area contributed by atoms with Gasteiger partial charge in [-0.05, 0) is 56.7 Å². The Balaban J connectivity index is 2.09. The summed E-state index contributed by atoms with van der Waals surface area (Å²) in [5.41, 5.74) is 3.39. The van der Waals surface area contributed by atoms with Gasteiger partial charge in [0, 0.05) is 28.5 Å². The Morgan fingerprint density at radius 1 is 1.12 bits per heavy atom. The van der Waals surface area contributed by atoms with Gasteiger partial charge in [-0.1, -0.05) is 11.6 Å². The molecule has 2 aromatic carbocycles. The van der Waals surface area contributed by atoms with E-state index in [0.717, 1.165) is 22.6 Å². The van der Waals surface area contributed by atoms with Gasteiger partial charge in [0.2, 0.25) is 0 Å². The van der Waals surface area contributed by atoms with E-state index in [1.165, 1.54) is 0 Å². The van der Waals surface area contributed by atoms with Gasteiger partial charge in [-0.25, -0.2) is 4.79 Å². The number of aryl methyl sites for hydroxylation is 1. The fraction of sp³-hybridized carbons (Fsp3) is 0.278. The number of urea groups is 1. The molecule has 128 valence electrons. The highest BCUT2D eigenvalue weighted by Crippen LogP contribution is 2.33. The van der Waals surface area contributed by atoms with Crippen LogP contribution in [0.15, 0.2) is 36.4 Å². The number of carbonyl (C=O) groups is 1. The summed E-state index contributed by atoms with van der Waals surface area (Å²) in [6.45, 7) is 5.76. The Kier molecular flexibility index (Phi) is 5.93. The SMILES string of the molecule is COc1cc(Cl)c(C)cc1Nc1ccc(NC(=O)NC(C)C)cc1. The van der Waals surface area contributed by atoms with Gasteiger partial charge in [0.1, 0.15) is 5.75 Å². The van der Waals surface area contributed by atoms with Crippen LogP contribution in [0.5, 0.6) is 5.75 Å². The van der Waals surface area contributed by atoms with Crippen LogP contribution in [-0.4, -0.2) is 19.2 Å². The highest BCUT2D eigenvalue weighted by atomic mass is 35.5. The Hall–Kier alpha value is -2.40. The molecule has 5 nitrogen and oxygen atoms in total. The quantitative estimate of drug-likeness (QED) is 0.718. The van der Waals surface area contributed by atoms with E-state index in [-0.39, 0.29) is 12.1 Å². The van der Waals surface area contributed by atoms with Crippen molar-refractivity contribution >= 4 is 34.7 Å². The van der Waals surface area contributed by atoms with Crippen molar-refractivity contribution in [2.24, 2.45) is 0 Å². The summed E-state index contributed by atoms with van der Waals surface area (Å²) in [4.78, 5) is 11.7. The number of ether oxygens (including phenoxy) is 1. The molecule has 0 aliphatic carbocycles. The number of rotatable bonds is 5. The van der Waals surface area contributed by atoms with Gasteiger partial charge in [0.25, 0.3) is 0 Å². The summed E-state index contributed by atoms with van der Waals surface area (Å²) in [5, 5.41) is 9.51. The molecule has 2 amide bonds. The molecule has 0 radical (unpaired) electrons. The molecule has 0 spiro atoms. The van der Waals surface area contributed by atoms with Gasteiger partial charge in [0.05, 0.1) is 12.8 Å². The zero-order valence-electron chi connectivity index (χ0n) is 14.2. The third-order valence-corrected chi connectivity index (χ3v) is 3.73. The number of nitrogens with one attached hydrogen (secondary N) is 3. The minimum Gasteiger partial charge on any atom is -0.495 e. The molecule has 0 saturated carbocycles. The molecule has 0 saturated heterocycles. The number of halogens is 1. The fourth-order valence-electron chi connectivity index (χ4n) is 2.15. The van der Waals surface area contributed by atoms with E-state index in [0.29, 0.717) is 10.8 Å². The summed E-state index contributed by atoms with van der Waals surface area (Å²) in [6.07, 6.45) is 0. The maximum absolute atomic E-state index is 11.7. The molecule has 0 aromatic heterocycles. The number of carbonyl (C=O) groups excluding carboxylic acids is 1. The predicted octanol–water partition coefficient (Wildman–Crippen LogP) is 4.93. The first-order valence-corrected chi connectivity index (χ1v) is 8.05. The molecule has 0 heterocycles. The molecule has 0 bridgehead atoms. The Bertz CT molecular complexity index is 715. The van der Waals surface area contributed by atoms with E-state index in [2.05, 4.69) is 16.0 Å². The van der Waals surface area contributed by atoms with Crippen LogP contribution in [0.25, 0.3) is 0 Å². The van der Waals surface area contributed by atoms with Crippen LogP contribution in [0.4, 0.5) is 21.9 Å². The lowest BCUT2D eigenvalue weighted by Gasteiger charge is -2.14.